The number of hydrogen-bond acceptors (Lipinski definition) is 1. The lowest BCUT2D eigenvalue weighted by molar-refractivity contribution is 0.231. The van der Waals surface area contributed by atoms with Gasteiger partial charge in [0.25, 0.3) is 0 Å². The summed E-state index contributed by atoms with van der Waals surface area (Å²) in [6.07, 6.45) is 8.52. The molecule has 0 radical (unpaired) electrons. The zero-order chi connectivity index (χ0) is 9.68. The molecule has 1 heteroatoms. The first-order valence-corrected chi connectivity index (χ1v) is 5.95. The van der Waals surface area contributed by atoms with Crippen molar-refractivity contribution in [2.75, 3.05) is 7.05 Å². The van der Waals surface area contributed by atoms with Gasteiger partial charge in [-0.15, -0.1) is 0 Å². The van der Waals surface area contributed by atoms with Gasteiger partial charge < -0.3 is 5.32 Å². The second-order valence-corrected chi connectivity index (χ2v) is 4.69. The molecule has 1 N–H and O–H groups in total. The second-order valence-electron chi connectivity index (χ2n) is 4.69. The van der Waals surface area contributed by atoms with Gasteiger partial charge in [0.2, 0.25) is 0 Å². The zero-order valence-corrected chi connectivity index (χ0v) is 9.47. The first kappa shape index (κ1) is 11.0. The van der Waals surface area contributed by atoms with Gasteiger partial charge in [-0.3, -0.25) is 0 Å². The van der Waals surface area contributed by atoms with Crippen molar-refractivity contribution in [3.05, 3.63) is 0 Å². The van der Waals surface area contributed by atoms with E-state index in [4.69, 9.17) is 0 Å². The molecule has 1 aliphatic rings. The highest BCUT2D eigenvalue weighted by Gasteiger charge is 2.24. The Bertz CT molecular complexity index is 133. The van der Waals surface area contributed by atoms with E-state index in [-0.39, 0.29) is 0 Å². The standard InChI is InChI=1S/C12H25N/c1-4-10(2)9-11-7-5-6-8-12(11)13-3/h10-13H,4-9H2,1-3H3. The third-order valence-corrected chi connectivity index (χ3v) is 3.68. The molecule has 0 amide bonds. The molecule has 1 saturated carbocycles. The highest BCUT2D eigenvalue weighted by molar-refractivity contribution is 4.80. The van der Waals surface area contributed by atoms with Crippen LogP contribution in [0.25, 0.3) is 0 Å². The van der Waals surface area contributed by atoms with Crippen LogP contribution in [-0.4, -0.2) is 13.1 Å². The summed E-state index contributed by atoms with van der Waals surface area (Å²) in [5, 5.41) is 3.48. The zero-order valence-electron chi connectivity index (χ0n) is 9.47. The van der Waals surface area contributed by atoms with E-state index < -0.39 is 0 Å². The highest BCUT2D eigenvalue weighted by Crippen LogP contribution is 2.30. The average molecular weight is 183 g/mol. The summed E-state index contributed by atoms with van der Waals surface area (Å²) in [5.74, 6) is 1.87. The van der Waals surface area contributed by atoms with Gasteiger partial charge in [0.1, 0.15) is 0 Å². The van der Waals surface area contributed by atoms with Crippen LogP contribution in [0.3, 0.4) is 0 Å². The van der Waals surface area contributed by atoms with E-state index in [0.29, 0.717) is 0 Å². The van der Waals surface area contributed by atoms with Gasteiger partial charge in [0.05, 0.1) is 0 Å². The molecule has 0 aromatic carbocycles. The fraction of sp³-hybridized carbons (Fsp3) is 1.00. The Morgan fingerprint density at radius 2 is 2.00 bits per heavy atom. The van der Waals surface area contributed by atoms with Crippen LogP contribution in [0.4, 0.5) is 0 Å². The van der Waals surface area contributed by atoms with E-state index in [0.717, 1.165) is 17.9 Å². The fourth-order valence-electron chi connectivity index (χ4n) is 2.55. The van der Waals surface area contributed by atoms with Gasteiger partial charge in [-0.2, -0.15) is 0 Å². The molecule has 1 fully saturated rings. The Kier molecular flexibility index (Phi) is 4.79. The van der Waals surface area contributed by atoms with Gasteiger partial charge in [0, 0.05) is 6.04 Å². The maximum Gasteiger partial charge on any atom is 0.00924 e. The fourth-order valence-corrected chi connectivity index (χ4v) is 2.55. The lowest BCUT2D eigenvalue weighted by Crippen LogP contribution is -2.36. The molecule has 0 aliphatic heterocycles. The number of rotatable bonds is 4. The van der Waals surface area contributed by atoms with E-state index >= 15 is 0 Å². The summed E-state index contributed by atoms with van der Waals surface area (Å²) in [7, 11) is 2.12. The SMILES string of the molecule is CCC(C)CC1CCCCC1NC. The van der Waals surface area contributed by atoms with Crippen LogP contribution < -0.4 is 5.32 Å². The average Bonchev–Trinajstić information content (AvgIpc) is 2.18. The van der Waals surface area contributed by atoms with Crippen molar-refractivity contribution in [1.29, 1.82) is 0 Å². The van der Waals surface area contributed by atoms with Gasteiger partial charge >= 0.3 is 0 Å². The minimum absolute atomic E-state index is 0.808. The van der Waals surface area contributed by atoms with Gasteiger partial charge in [-0.25, -0.2) is 0 Å². The van der Waals surface area contributed by atoms with Crippen LogP contribution in [0, 0.1) is 11.8 Å². The predicted molar refractivity (Wildman–Crippen MR) is 58.9 cm³/mol. The van der Waals surface area contributed by atoms with Gasteiger partial charge in [-0.1, -0.05) is 33.1 Å². The Morgan fingerprint density at radius 1 is 1.31 bits per heavy atom. The molecule has 0 saturated heterocycles. The summed E-state index contributed by atoms with van der Waals surface area (Å²) in [5.41, 5.74) is 0. The van der Waals surface area contributed by atoms with E-state index in [1.54, 1.807) is 0 Å². The van der Waals surface area contributed by atoms with Crippen LogP contribution in [-0.2, 0) is 0 Å². The van der Waals surface area contributed by atoms with Gasteiger partial charge in [0.15, 0.2) is 0 Å². The molecule has 1 rings (SSSR count). The van der Waals surface area contributed by atoms with E-state index in [9.17, 15) is 0 Å². The Morgan fingerprint density at radius 3 is 2.62 bits per heavy atom. The number of hydrogen-bond donors (Lipinski definition) is 1. The molecular formula is C12H25N. The molecule has 13 heavy (non-hydrogen) atoms. The smallest absolute Gasteiger partial charge is 0.00924 e. The quantitative estimate of drug-likeness (QED) is 0.706. The van der Waals surface area contributed by atoms with Crippen LogP contribution in [0.5, 0.6) is 0 Å². The van der Waals surface area contributed by atoms with Crippen molar-refractivity contribution in [3.63, 3.8) is 0 Å². The van der Waals surface area contributed by atoms with Crippen molar-refractivity contribution < 1.29 is 0 Å². The number of nitrogens with one attached hydrogen (secondary N) is 1. The molecule has 0 spiro atoms. The topological polar surface area (TPSA) is 12.0 Å². The first-order valence-electron chi connectivity index (χ1n) is 5.95. The van der Waals surface area contributed by atoms with E-state index in [1.165, 1.54) is 38.5 Å². The molecule has 0 aromatic rings. The van der Waals surface area contributed by atoms with Crippen LogP contribution in [0.2, 0.25) is 0 Å². The van der Waals surface area contributed by atoms with Gasteiger partial charge in [-0.05, 0) is 38.1 Å². The molecule has 0 bridgehead atoms. The summed E-state index contributed by atoms with van der Waals surface area (Å²) >= 11 is 0. The lowest BCUT2D eigenvalue weighted by Gasteiger charge is -2.32. The van der Waals surface area contributed by atoms with E-state index in [2.05, 4.69) is 26.2 Å². The minimum Gasteiger partial charge on any atom is -0.317 e. The largest absolute Gasteiger partial charge is 0.317 e. The lowest BCUT2D eigenvalue weighted by atomic mass is 9.79. The molecule has 0 heterocycles. The maximum atomic E-state index is 3.48. The molecule has 78 valence electrons. The summed E-state index contributed by atoms with van der Waals surface area (Å²) in [4.78, 5) is 0. The normalized spacial score (nSPS) is 31.6. The van der Waals surface area contributed by atoms with E-state index in [1.807, 2.05) is 0 Å². The molecule has 1 aliphatic carbocycles. The predicted octanol–water partition coefficient (Wildman–Crippen LogP) is 3.20. The molecular weight excluding hydrogens is 158 g/mol. The monoisotopic (exact) mass is 183 g/mol. The molecule has 3 atom stereocenters. The molecule has 0 aromatic heterocycles. The summed E-state index contributed by atoms with van der Waals surface area (Å²) in [6, 6.07) is 0.808. The van der Waals surface area contributed by atoms with Crippen molar-refractivity contribution in [2.24, 2.45) is 11.8 Å². The summed E-state index contributed by atoms with van der Waals surface area (Å²) in [6.45, 7) is 4.70. The maximum absolute atomic E-state index is 3.48. The second kappa shape index (κ2) is 5.64. The van der Waals surface area contributed by atoms with Crippen molar-refractivity contribution in [1.82, 2.24) is 5.32 Å². The third-order valence-electron chi connectivity index (χ3n) is 3.68. The Labute approximate surface area is 83.3 Å². The third kappa shape index (κ3) is 3.30. The highest BCUT2D eigenvalue weighted by atomic mass is 14.9. The van der Waals surface area contributed by atoms with Crippen LogP contribution in [0.1, 0.15) is 52.4 Å². The molecule has 3 unspecified atom stereocenters. The van der Waals surface area contributed by atoms with Crippen molar-refractivity contribution in [3.8, 4) is 0 Å². The van der Waals surface area contributed by atoms with Crippen molar-refractivity contribution in [2.45, 2.75) is 58.4 Å². The minimum atomic E-state index is 0.808. The van der Waals surface area contributed by atoms with Crippen molar-refractivity contribution >= 4 is 0 Å². The van der Waals surface area contributed by atoms with Crippen LogP contribution in [0.15, 0.2) is 0 Å². The Balaban J connectivity index is 2.35. The summed E-state index contributed by atoms with van der Waals surface area (Å²) < 4.78 is 0. The van der Waals surface area contributed by atoms with Crippen LogP contribution >= 0.6 is 0 Å². The first-order chi connectivity index (χ1) is 6.27. The Hall–Kier alpha value is -0.0400. The molecule has 1 nitrogen and oxygen atoms in total.